The fraction of sp³-hybridized carbons (Fsp3) is 0.333. The topological polar surface area (TPSA) is 49.3 Å². The van der Waals surface area contributed by atoms with Crippen LogP contribution in [0.3, 0.4) is 0 Å². The number of amidine groups is 1. The number of thioether (sulfide) groups is 1. The molecule has 1 atom stereocenters. The Balaban J connectivity index is 1.29. The first-order chi connectivity index (χ1) is 13.6. The van der Waals surface area contributed by atoms with E-state index < -0.39 is 0 Å². The summed E-state index contributed by atoms with van der Waals surface area (Å²) in [5.74, 6) is 1.66. The number of nitrogens with zero attached hydrogens (tertiary/aromatic N) is 2. The predicted octanol–water partition coefficient (Wildman–Crippen LogP) is 6.14. The quantitative estimate of drug-likeness (QED) is 0.492. The molecule has 0 saturated carbocycles. The van der Waals surface area contributed by atoms with Crippen molar-refractivity contribution in [3.63, 3.8) is 0 Å². The van der Waals surface area contributed by atoms with Crippen molar-refractivity contribution in [2.75, 3.05) is 22.9 Å². The summed E-state index contributed by atoms with van der Waals surface area (Å²) in [6.07, 6.45) is 0.947. The lowest BCUT2D eigenvalue weighted by Gasteiger charge is -2.08. The molecule has 0 radical (unpaired) electrons. The van der Waals surface area contributed by atoms with Crippen LogP contribution in [0.25, 0.3) is 10.2 Å². The van der Waals surface area contributed by atoms with Gasteiger partial charge in [0.05, 0.1) is 16.3 Å². The zero-order valence-corrected chi connectivity index (χ0v) is 18.3. The first kappa shape index (κ1) is 19.6. The maximum absolute atomic E-state index is 6.04. The smallest absolute Gasteiger partial charge is 0.183 e. The average Bonchev–Trinajstić information content (AvgIpc) is 3.29. The molecule has 28 heavy (non-hydrogen) atoms. The summed E-state index contributed by atoms with van der Waals surface area (Å²) in [6.45, 7) is 5.30. The van der Waals surface area contributed by atoms with Gasteiger partial charge in [-0.2, -0.15) is 0 Å². The summed E-state index contributed by atoms with van der Waals surface area (Å²) in [7, 11) is 0. The van der Waals surface area contributed by atoms with Gasteiger partial charge in [0, 0.05) is 23.0 Å². The Hall–Kier alpha value is -1.76. The SMILES string of the molecule is CC(C)[C@H]1CSC(Nc2ccc(CCNc3nc4ccc(Cl)cc4s3)cc2)=N1. The molecular weight excluding hydrogens is 408 g/mol. The van der Waals surface area contributed by atoms with Crippen LogP contribution in [0.15, 0.2) is 47.5 Å². The highest BCUT2D eigenvalue weighted by Gasteiger charge is 2.20. The van der Waals surface area contributed by atoms with Crippen LogP contribution in [-0.2, 0) is 6.42 Å². The maximum atomic E-state index is 6.04. The van der Waals surface area contributed by atoms with E-state index in [4.69, 9.17) is 16.6 Å². The molecule has 0 fully saturated rings. The molecule has 0 saturated heterocycles. The van der Waals surface area contributed by atoms with E-state index in [-0.39, 0.29) is 0 Å². The van der Waals surface area contributed by atoms with E-state index in [1.165, 1.54) is 5.56 Å². The molecule has 4 nitrogen and oxygen atoms in total. The second kappa shape index (κ2) is 8.72. The summed E-state index contributed by atoms with van der Waals surface area (Å²) >= 11 is 9.49. The van der Waals surface area contributed by atoms with Gasteiger partial charge in [0.25, 0.3) is 0 Å². The number of nitrogens with one attached hydrogen (secondary N) is 2. The van der Waals surface area contributed by atoms with Gasteiger partial charge in [-0.05, 0) is 48.2 Å². The summed E-state index contributed by atoms with van der Waals surface area (Å²) in [5.41, 5.74) is 3.37. The molecule has 0 bridgehead atoms. The Morgan fingerprint density at radius 3 is 2.75 bits per heavy atom. The molecule has 1 aliphatic heterocycles. The van der Waals surface area contributed by atoms with Crippen LogP contribution in [0.4, 0.5) is 10.8 Å². The van der Waals surface area contributed by atoms with Gasteiger partial charge in [-0.15, -0.1) is 0 Å². The molecule has 0 unspecified atom stereocenters. The van der Waals surface area contributed by atoms with Crippen LogP contribution in [0.2, 0.25) is 5.02 Å². The average molecular weight is 431 g/mol. The minimum absolute atomic E-state index is 0.427. The molecule has 2 heterocycles. The van der Waals surface area contributed by atoms with Crippen molar-refractivity contribution in [1.82, 2.24) is 4.98 Å². The van der Waals surface area contributed by atoms with Gasteiger partial charge >= 0.3 is 0 Å². The third-order valence-corrected chi connectivity index (χ3v) is 6.89. The van der Waals surface area contributed by atoms with Crippen molar-refractivity contribution < 1.29 is 0 Å². The molecule has 2 aromatic carbocycles. The highest BCUT2D eigenvalue weighted by atomic mass is 35.5. The normalized spacial score (nSPS) is 16.6. The van der Waals surface area contributed by atoms with Crippen LogP contribution in [0, 0.1) is 5.92 Å². The third-order valence-electron chi connectivity index (χ3n) is 4.69. The van der Waals surface area contributed by atoms with Gasteiger partial charge in [-0.25, -0.2) is 4.98 Å². The van der Waals surface area contributed by atoms with Crippen molar-refractivity contribution in [2.24, 2.45) is 10.9 Å². The molecule has 1 aromatic heterocycles. The van der Waals surface area contributed by atoms with E-state index in [2.05, 4.69) is 53.7 Å². The summed E-state index contributed by atoms with van der Waals surface area (Å²) in [5, 5.41) is 9.57. The highest BCUT2D eigenvalue weighted by Crippen LogP contribution is 2.28. The van der Waals surface area contributed by atoms with E-state index in [9.17, 15) is 0 Å². The van der Waals surface area contributed by atoms with E-state index in [0.717, 1.165) is 49.9 Å². The Bertz CT molecular complexity index is 982. The zero-order chi connectivity index (χ0) is 19.5. The summed E-state index contributed by atoms with van der Waals surface area (Å²) < 4.78 is 1.11. The van der Waals surface area contributed by atoms with Crippen molar-refractivity contribution in [2.45, 2.75) is 26.3 Å². The highest BCUT2D eigenvalue weighted by molar-refractivity contribution is 8.14. The number of benzene rings is 2. The summed E-state index contributed by atoms with van der Waals surface area (Å²) in [6, 6.07) is 14.8. The second-order valence-corrected chi connectivity index (χ2v) is 9.66. The number of thiazole rings is 1. The molecule has 1 aliphatic rings. The monoisotopic (exact) mass is 430 g/mol. The Morgan fingerprint density at radius 2 is 2.00 bits per heavy atom. The molecule has 0 amide bonds. The molecule has 0 spiro atoms. The molecular formula is C21H23ClN4S2. The lowest BCUT2D eigenvalue weighted by Crippen LogP contribution is -2.12. The van der Waals surface area contributed by atoms with Crippen molar-refractivity contribution >= 4 is 60.9 Å². The lowest BCUT2D eigenvalue weighted by atomic mass is 10.1. The largest absolute Gasteiger partial charge is 0.361 e. The minimum Gasteiger partial charge on any atom is -0.361 e. The summed E-state index contributed by atoms with van der Waals surface area (Å²) in [4.78, 5) is 9.35. The number of aliphatic imine (C=N–C) groups is 1. The Morgan fingerprint density at radius 1 is 1.18 bits per heavy atom. The van der Waals surface area contributed by atoms with E-state index in [1.54, 1.807) is 23.1 Å². The number of halogens is 1. The number of rotatable bonds is 6. The van der Waals surface area contributed by atoms with E-state index >= 15 is 0 Å². The van der Waals surface area contributed by atoms with Crippen molar-refractivity contribution in [3.05, 3.63) is 53.1 Å². The molecule has 146 valence electrons. The number of hydrogen-bond donors (Lipinski definition) is 2. The van der Waals surface area contributed by atoms with E-state index in [1.807, 2.05) is 18.2 Å². The molecule has 4 rings (SSSR count). The fourth-order valence-electron chi connectivity index (χ4n) is 2.97. The predicted molar refractivity (Wildman–Crippen MR) is 125 cm³/mol. The van der Waals surface area contributed by atoms with Crippen LogP contribution in [0.1, 0.15) is 19.4 Å². The lowest BCUT2D eigenvalue weighted by molar-refractivity contribution is 0.543. The zero-order valence-electron chi connectivity index (χ0n) is 15.9. The first-order valence-corrected chi connectivity index (χ1v) is 11.6. The van der Waals surface area contributed by atoms with Gasteiger partial charge in [-0.3, -0.25) is 4.99 Å². The Labute approximate surface area is 178 Å². The first-order valence-electron chi connectivity index (χ1n) is 9.43. The Kier molecular flexibility index (Phi) is 6.09. The van der Waals surface area contributed by atoms with Crippen LogP contribution >= 0.6 is 34.7 Å². The van der Waals surface area contributed by atoms with E-state index in [0.29, 0.717) is 12.0 Å². The maximum Gasteiger partial charge on any atom is 0.183 e. The minimum atomic E-state index is 0.427. The van der Waals surface area contributed by atoms with Crippen LogP contribution < -0.4 is 10.6 Å². The number of anilines is 2. The van der Waals surface area contributed by atoms with Crippen molar-refractivity contribution in [1.29, 1.82) is 0 Å². The van der Waals surface area contributed by atoms with Gasteiger partial charge in [0.15, 0.2) is 10.3 Å². The fourth-order valence-corrected chi connectivity index (χ4v) is 5.32. The number of aromatic nitrogens is 1. The molecule has 2 N–H and O–H groups in total. The van der Waals surface area contributed by atoms with Gasteiger partial charge in [0.2, 0.25) is 0 Å². The van der Waals surface area contributed by atoms with Gasteiger partial charge in [0.1, 0.15) is 0 Å². The standard InChI is InChI=1S/C21H23ClN4S2/c1-13(2)18-12-27-21(26-18)24-16-6-3-14(4-7-16)9-10-23-20-25-17-8-5-15(22)11-19(17)28-20/h3-8,11,13,18H,9-10,12H2,1-2H3,(H,23,25)(H,24,26)/t18-/m1/s1. The second-order valence-electron chi connectivity index (χ2n) is 7.19. The van der Waals surface area contributed by atoms with Gasteiger partial charge in [-0.1, -0.05) is 60.7 Å². The third kappa shape index (κ3) is 4.80. The van der Waals surface area contributed by atoms with Crippen molar-refractivity contribution in [3.8, 4) is 0 Å². The number of hydrogen-bond acceptors (Lipinski definition) is 6. The van der Waals surface area contributed by atoms with Crippen LogP contribution in [0.5, 0.6) is 0 Å². The molecule has 7 heteroatoms. The van der Waals surface area contributed by atoms with Gasteiger partial charge < -0.3 is 10.6 Å². The molecule has 0 aliphatic carbocycles. The number of fused-ring (bicyclic) bond motifs is 1. The molecule has 3 aromatic rings. The van der Waals surface area contributed by atoms with Crippen LogP contribution in [-0.4, -0.2) is 28.5 Å².